The van der Waals surface area contributed by atoms with Crippen molar-refractivity contribution in [3.05, 3.63) is 11.8 Å². The number of rotatable bonds is 17. The minimum absolute atomic E-state index is 0.418. The number of unbranched alkanes of at least 4 members (excludes halogenated alkanes) is 9. The molecule has 2 heterocycles. The second-order valence-corrected chi connectivity index (χ2v) is 10.9. The molecule has 8 heteroatoms. The van der Waals surface area contributed by atoms with Crippen molar-refractivity contribution in [2.75, 3.05) is 33.4 Å². The van der Waals surface area contributed by atoms with Crippen molar-refractivity contribution in [3.63, 3.8) is 0 Å². The lowest BCUT2D eigenvalue weighted by atomic mass is 10.0. The molecule has 0 aromatic carbocycles. The number of carbonyl (C=O) groups is 1. The number of hydrogen-bond acceptors (Lipinski definition) is 7. The maximum absolute atomic E-state index is 12.5. The van der Waals surface area contributed by atoms with Crippen molar-refractivity contribution in [2.45, 2.75) is 110 Å². The van der Waals surface area contributed by atoms with Gasteiger partial charge in [0.25, 0.3) is 5.88 Å². The average molecular weight is 511 g/mol. The number of ether oxygens (including phenoxy) is 3. The van der Waals surface area contributed by atoms with Crippen LogP contribution in [0.3, 0.4) is 0 Å². The predicted octanol–water partition coefficient (Wildman–Crippen LogP) is 7.37. The van der Waals surface area contributed by atoms with E-state index in [1.54, 1.807) is 0 Å². The SMILES string of the molecule is CCCCCCCCCOC(=O)OC(C)(C)[N+]1(C)CCC=C(c2nsnc2OCCCCCC)C1. The second kappa shape index (κ2) is 15.4. The molecular weight excluding hydrogens is 462 g/mol. The van der Waals surface area contributed by atoms with E-state index in [2.05, 4.69) is 35.7 Å². The van der Waals surface area contributed by atoms with Crippen LogP contribution in [0, 0.1) is 0 Å². The third-order valence-corrected chi connectivity index (χ3v) is 7.64. The van der Waals surface area contributed by atoms with E-state index in [9.17, 15) is 4.79 Å². The Morgan fingerprint density at radius 3 is 2.31 bits per heavy atom. The van der Waals surface area contributed by atoms with Gasteiger partial charge in [-0.2, -0.15) is 4.37 Å². The zero-order valence-corrected chi connectivity index (χ0v) is 23.6. The monoisotopic (exact) mass is 510 g/mol. The summed E-state index contributed by atoms with van der Waals surface area (Å²) in [6.07, 6.45) is 15.4. The van der Waals surface area contributed by atoms with Gasteiger partial charge in [0, 0.05) is 25.8 Å². The first-order chi connectivity index (χ1) is 16.8. The minimum atomic E-state index is -0.735. The molecule has 35 heavy (non-hydrogen) atoms. The molecule has 0 radical (unpaired) electrons. The summed E-state index contributed by atoms with van der Waals surface area (Å²) in [5.74, 6) is 0.624. The summed E-state index contributed by atoms with van der Waals surface area (Å²) in [5.41, 5.74) is 1.19. The van der Waals surface area contributed by atoms with Gasteiger partial charge in [-0.25, -0.2) is 4.79 Å². The van der Waals surface area contributed by atoms with Gasteiger partial charge in [0.2, 0.25) is 5.72 Å². The molecule has 0 saturated heterocycles. The van der Waals surface area contributed by atoms with Crippen molar-refractivity contribution >= 4 is 23.5 Å². The fourth-order valence-corrected chi connectivity index (χ4v) is 4.93. The molecule has 1 aromatic rings. The smallest absolute Gasteiger partial charge is 0.475 e. The molecule has 0 aliphatic carbocycles. The van der Waals surface area contributed by atoms with E-state index in [4.69, 9.17) is 14.2 Å². The Kier molecular flexibility index (Phi) is 13.0. The Hall–Kier alpha value is -1.67. The Morgan fingerprint density at radius 2 is 1.60 bits per heavy atom. The summed E-state index contributed by atoms with van der Waals surface area (Å²) in [5, 5.41) is 0. The fraction of sp³-hybridized carbons (Fsp3) is 0.815. The Labute approximate surface area is 217 Å². The predicted molar refractivity (Wildman–Crippen MR) is 143 cm³/mol. The molecule has 1 unspecified atom stereocenters. The van der Waals surface area contributed by atoms with Gasteiger partial charge in [-0.3, -0.25) is 4.48 Å². The van der Waals surface area contributed by atoms with Crippen LogP contribution in [0.2, 0.25) is 0 Å². The topological polar surface area (TPSA) is 70.5 Å². The summed E-state index contributed by atoms with van der Waals surface area (Å²) < 4.78 is 26.7. The van der Waals surface area contributed by atoms with Gasteiger partial charge in [0.1, 0.15) is 12.2 Å². The lowest BCUT2D eigenvalue weighted by Gasteiger charge is -2.47. The molecule has 200 valence electrons. The summed E-state index contributed by atoms with van der Waals surface area (Å²) in [4.78, 5) is 12.5. The van der Waals surface area contributed by atoms with Gasteiger partial charge in [0.15, 0.2) is 0 Å². The van der Waals surface area contributed by atoms with E-state index in [-0.39, 0.29) is 0 Å². The van der Waals surface area contributed by atoms with E-state index in [0.29, 0.717) is 30.1 Å². The molecule has 0 saturated carbocycles. The van der Waals surface area contributed by atoms with Crippen LogP contribution in [0.1, 0.15) is 110 Å². The van der Waals surface area contributed by atoms with Crippen LogP contribution >= 0.6 is 11.7 Å². The molecule has 1 aliphatic heterocycles. The first kappa shape index (κ1) is 29.6. The highest BCUT2D eigenvalue weighted by molar-refractivity contribution is 6.99. The third-order valence-electron chi connectivity index (χ3n) is 7.13. The number of carbonyl (C=O) groups excluding carboxylic acids is 1. The van der Waals surface area contributed by atoms with Crippen molar-refractivity contribution in [2.24, 2.45) is 0 Å². The largest absolute Gasteiger partial charge is 0.512 e. The highest BCUT2D eigenvalue weighted by Crippen LogP contribution is 2.35. The van der Waals surface area contributed by atoms with Gasteiger partial charge >= 0.3 is 6.16 Å². The van der Waals surface area contributed by atoms with Crippen LogP contribution < -0.4 is 4.74 Å². The van der Waals surface area contributed by atoms with Gasteiger partial charge in [-0.15, -0.1) is 4.37 Å². The number of hydrogen-bond donors (Lipinski definition) is 0. The lowest BCUT2D eigenvalue weighted by Crippen LogP contribution is -2.62. The summed E-state index contributed by atoms with van der Waals surface area (Å²) in [7, 11) is 2.13. The van der Waals surface area contributed by atoms with Gasteiger partial charge < -0.3 is 14.2 Å². The maximum Gasteiger partial charge on any atom is 0.512 e. The third kappa shape index (κ3) is 9.71. The standard InChI is InChI=1S/C27H48N3O4S/c1-6-8-10-12-13-14-16-21-33-26(31)34-27(3,4)30(5)19-17-18-23(22-30)24-25(29-35-28-24)32-20-15-11-9-7-2/h18H,6-17,19-22H2,1-5H3/q+1. The van der Waals surface area contributed by atoms with Crippen LogP contribution in [0.25, 0.3) is 5.57 Å². The fourth-order valence-electron chi connectivity index (χ4n) is 4.40. The molecular formula is C27H48N3O4S+. The zero-order valence-electron chi connectivity index (χ0n) is 22.8. The Bertz CT molecular complexity index is 780. The molecule has 0 amide bonds. The number of quaternary nitrogens is 1. The normalized spacial score (nSPS) is 18.3. The minimum Gasteiger partial charge on any atom is -0.475 e. The van der Waals surface area contributed by atoms with E-state index in [0.717, 1.165) is 43.5 Å². The van der Waals surface area contributed by atoms with Crippen LogP contribution in [-0.4, -0.2) is 58.5 Å². The molecule has 7 nitrogen and oxygen atoms in total. The molecule has 1 aliphatic rings. The Balaban J connectivity index is 1.84. The summed E-state index contributed by atoms with van der Waals surface area (Å²) in [6, 6.07) is 0. The van der Waals surface area contributed by atoms with Crippen LogP contribution in [0.15, 0.2) is 6.08 Å². The number of nitrogens with zero attached hydrogens (tertiary/aromatic N) is 3. The van der Waals surface area contributed by atoms with E-state index in [1.807, 2.05) is 13.8 Å². The first-order valence-corrected chi connectivity index (χ1v) is 14.4. The first-order valence-electron chi connectivity index (χ1n) is 13.7. The maximum atomic E-state index is 12.5. The van der Waals surface area contributed by atoms with Crippen molar-refractivity contribution in [1.29, 1.82) is 0 Å². The number of likely N-dealkylation sites (N-methyl/N-ethyl adjacent to an activating group) is 1. The van der Waals surface area contributed by atoms with Gasteiger partial charge in [-0.05, 0) is 12.8 Å². The summed E-state index contributed by atoms with van der Waals surface area (Å²) >= 11 is 1.19. The van der Waals surface area contributed by atoms with Crippen molar-refractivity contribution in [3.8, 4) is 5.88 Å². The van der Waals surface area contributed by atoms with Crippen molar-refractivity contribution < 1.29 is 23.5 Å². The molecule has 1 atom stereocenters. The van der Waals surface area contributed by atoms with E-state index in [1.165, 1.54) is 63.1 Å². The molecule has 1 aromatic heterocycles. The Morgan fingerprint density at radius 1 is 0.971 bits per heavy atom. The zero-order chi connectivity index (χ0) is 25.6. The molecule has 0 spiro atoms. The summed E-state index contributed by atoms with van der Waals surface area (Å²) in [6.45, 7) is 11.0. The van der Waals surface area contributed by atoms with Crippen LogP contribution in [0.4, 0.5) is 4.79 Å². The van der Waals surface area contributed by atoms with Gasteiger partial charge in [0.05, 0.1) is 38.5 Å². The lowest BCUT2D eigenvalue weighted by molar-refractivity contribution is -0.971. The number of aromatic nitrogens is 2. The van der Waals surface area contributed by atoms with Crippen LogP contribution in [-0.2, 0) is 9.47 Å². The van der Waals surface area contributed by atoms with E-state index >= 15 is 0 Å². The molecule has 0 fully saturated rings. The van der Waals surface area contributed by atoms with E-state index < -0.39 is 11.9 Å². The van der Waals surface area contributed by atoms with Crippen molar-refractivity contribution in [1.82, 2.24) is 8.75 Å². The second-order valence-electron chi connectivity index (χ2n) is 10.4. The molecule has 0 bridgehead atoms. The highest BCUT2D eigenvalue weighted by Gasteiger charge is 2.46. The van der Waals surface area contributed by atoms with Crippen LogP contribution in [0.5, 0.6) is 5.88 Å². The molecule has 2 rings (SSSR count). The quantitative estimate of drug-likeness (QED) is 0.124. The van der Waals surface area contributed by atoms with Gasteiger partial charge in [-0.1, -0.05) is 77.7 Å². The average Bonchev–Trinajstić information content (AvgIpc) is 3.29. The highest BCUT2D eigenvalue weighted by atomic mass is 32.1. The molecule has 0 N–H and O–H groups in total.